The van der Waals surface area contributed by atoms with E-state index in [0.29, 0.717) is 17.3 Å². The van der Waals surface area contributed by atoms with Crippen LogP contribution in [0.4, 0.5) is 0 Å². The fraction of sp³-hybridized carbons (Fsp3) is 0.370. The molecule has 4 aromatic rings. The first-order valence-corrected chi connectivity index (χ1v) is 14.4. The second-order valence-electron chi connectivity index (χ2n) is 8.54. The first-order valence-electron chi connectivity index (χ1n) is 12.3. The van der Waals surface area contributed by atoms with Crippen molar-refractivity contribution in [1.29, 1.82) is 0 Å². The van der Waals surface area contributed by atoms with E-state index < -0.39 is 17.3 Å². The molecule has 0 saturated carbocycles. The molecule has 0 aliphatic heterocycles. The molecule has 0 spiro atoms. The summed E-state index contributed by atoms with van der Waals surface area (Å²) < 4.78 is 7.10. The Kier molecular flexibility index (Phi) is 9.40. The molecular formula is C27H31N5O3S2. The van der Waals surface area contributed by atoms with Crippen molar-refractivity contribution in [2.75, 3.05) is 12.9 Å². The third kappa shape index (κ3) is 6.42. The van der Waals surface area contributed by atoms with Gasteiger partial charge in [-0.1, -0.05) is 74.1 Å². The van der Waals surface area contributed by atoms with Gasteiger partial charge >= 0.3 is 5.97 Å². The lowest BCUT2D eigenvalue weighted by molar-refractivity contribution is -0.144. The Morgan fingerprint density at radius 3 is 2.54 bits per heavy atom. The molecule has 2 heterocycles. The lowest BCUT2D eigenvalue weighted by Crippen LogP contribution is -2.46. The maximum absolute atomic E-state index is 13.2. The van der Waals surface area contributed by atoms with Gasteiger partial charge in [-0.15, -0.1) is 10.2 Å². The van der Waals surface area contributed by atoms with Crippen LogP contribution in [0, 0.1) is 0 Å². The van der Waals surface area contributed by atoms with E-state index >= 15 is 0 Å². The van der Waals surface area contributed by atoms with Crippen LogP contribution < -0.4 is 5.32 Å². The molecule has 2 aromatic carbocycles. The van der Waals surface area contributed by atoms with Crippen LogP contribution >= 0.6 is 23.5 Å². The lowest BCUT2D eigenvalue weighted by Gasteiger charge is -2.19. The van der Waals surface area contributed by atoms with Gasteiger partial charge < -0.3 is 14.6 Å². The van der Waals surface area contributed by atoms with Crippen LogP contribution in [-0.2, 0) is 26.6 Å². The summed E-state index contributed by atoms with van der Waals surface area (Å²) in [5.41, 5.74) is 3.75. The van der Waals surface area contributed by atoms with Crippen LogP contribution in [0.1, 0.15) is 32.3 Å². The van der Waals surface area contributed by atoms with E-state index in [4.69, 9.17) is 9.72 Å². The second kappa shape index (κ2) is 12.9. The van der Waals surface area contributed by atoms with Crippen molar-refractivity contribution in [2.45, 2.75) is 55.4 Å². The topological polar surface area (TPSA) is 99.0 Å². The van der Waals surface area contributed by atoms with Crippen LogP contribution in [0.25, 0.3) is 22.1 Å². The number of carbonyl (C=O) groups is 2. The number of aryl methyl sites for hydroxylation is 1. The third-order valence-electron chi connectivity index (χ3n) is 5.91. The molecule has 0 aliphatic carbocycles. The van der Waals surface area contributed by atoms with E-state index in [1.807, 2.05) is 55.5 Å². The number of nitrogens with one attached hydrogen (secondary N) is 1. The van der Waals surface area contributed by atoms with Gasteiger partial charge in [0.2, 0.25) is 11.1 Å². The number of nitrogens with zero attached hydrogens (tertiary/aromatic N) is 4. The molecule has 194 valence electrons. The van der Waals surface area contributed by atoms with Gasteiger partial charge in [0.1, 0.15) is 11.6 Å². The van der Waals surface area contributed by atoms with Gasteiger partial charge in [0, 0.05) is 23.4 Å². The number of benzene rings is 2. The summed E-state index contributed by atoms with van der Waals surface area (Å²) >= 11 is 2.83. The Bertz CT molecular complexity index is 1360. The molecular weight excluding hydrogens is 506 g/mol. The van der Waals surface area contributed by atoms with Crippen molar-refractivity contribution in [3.63, 3.8) is 0 Å². The van der Waals surface area contributed by atoms with Gasteiger partial charge in [-0.3, -0.25) is 4.79 Å². The van der Waals surface area contributed by atoms with Crippen molar-refractivity contribution in [3.05, 3.63) is 60.2 Å². The normalized spacial score (nSPS) is 12.9. The molecule has 0 fully saturated rings. The number of amides is 1. The molecule has 1 N–H and O–H groups in total. The summed E-state index contributed by atoms with van der Waals surface area (Å²) in [4.78, 5) is 30.4. The maximum Gasteiger partial charge on any atom is 0.329 e. The van der Waals surface area contributed by atoms with E-state index in [2.05, 4.69) is 33.1 Å². The predicted molar refractivity (Wildman–Crippen MR) is 150 cm³/mol. The van der Waals surface area contributed by atoms with Crippen LogP contribution in [0.3, 0.4) is 0 Å². The number of fused-ring (bicyclic) bond motifs is 3. The van der Waals surface area contributed by atoms with Gasteiger partial charge in [-0.2, -0.15) is 11.8 Å². The Morgan fingerprint density at radius 1 is 1.05 bits per heavy atom. The standard InChI is InChI=1S/C27H31N5O3S2/c1-4-15-32-21-14-10-9-13-19(21)23-24(32)29-27(31-30-23)37-22(5-2)25(33)28-20(26(34)35-3)17-36-16-18-11-7-6-8-12-18/h6-14,20,22H,4-5,15-17H2,1-3H3,(H,28,33). The Morgan fingerprint density at radius 2 is 1.81 bits per heavy atom. The van der Waals surface area contributed by atoms with Gasteiger partial charge in [-0.05, 0) is 24.5 Å². The van der Waals surface area contributed by atoms with E-state index in [-0.39, 0.29) is 5.91 Å². The summed E-state index contributed by atoms with van der Waals surface area (Å²) in [6.45, 7) is 4.86. The first kappa shape index (κ1) is 26.9. The van der Waals surface area contributed by atoms with Gasteiger partial charge in [0.15, 0.2) is 5.65 Å². The van der Waals surface area contributed by atoms with Crippen LogP contribution in [0.15, 0.2) is 59.8 Å². The SMILES string of the molecule is CCCn1c2ccccc2c2nnc(SC(CC)C(=O)NC(CSCc3ccccc3)C(=O)OC)nc21. The molecule has 0 saturated heterocycles. The van der Waals surface area contributed by atoms with Gasteiger partial charge in [0.05, 0.1) is 17.9 Å². The Labute approximate surface area is 225 Å². The van der Waals surface area contributed by atoms with Crippen LogP contribution in [-0.4, -0.2) is 55.8 Å². The number of esters is 1. The highest BCUT2D eigenvalue weighted by molar-refractivity contribution is 8.00. The molecule has 2 unspecified atom stereocenters. The summed E-state index contributed by atoms with van der Waals surface area (Å²) in [5.74, 6) is 0.440. The van der Waals surface area contributed by atoms with Crippen molar-refractivity contribution in [3.8, 4) is 0 Å². The first-order chi connectivity index (χ1) is 18.0. The van der Waals surface area contributed by atoms with Crippen molar-refractivity contribution < 1.29 is 14.3 Å². The van der Waals surface area contributed by atoms with Crippen molar-refractivity contribution in [1.82, 2.24) is 25.1 Å². The fourth-order valence-electron chi connectivity index (χ4n) is 4.08. The molecule has 37 heavy (non-hydrogen) atoms. The van der Waals surface area contributed by atoms with Crippen LogP contribution in [0.5, 0.6) is 0 Å². The number of thioether (sulfide) groups is 2. The third-order valence-corrected chi connectivity index (χ3v) is 8.23. The molecule has 2 atom stereocenters. The lowest BCUT2D eigenvalue weighted by atomic mass is 10.2. The number of hydrogen-bond acceptors (Lipinski definition) is 8. The second-order valence-corrected chi connectivity index (χ2v) is 10.7. The number of carbonyl (C=O) groups excluding carboxylic acids is 2. The van der Waals surface area contributed by atoms with E-state index in [1.165, 1.54) is 18.9 Å². The average molecular weight is 538 g/mol. The smallest absolute Gasteiger partial charge is 0.329 e. The zero-order valence-corrected chi connectivity index (χ0v) is 22.8. The predicted octanol–water partition coefficient (Wildman–Crippen LogP) is 4.85. The highest BCUT2D eigenvalue weighted by Crippen LogP contribution is 2.29. The molecule has 0 aliphatic rings. The largest absolute Gasteiger partial charge is 0.467 e. The van der Waals surface area contributed by atoms with E-state index in [9.17, 15) is 9.59 Å². The van der Waals surface area contributed by atoms with Gasteiger partial charge in [0.25, 0.3) is 0 Å². The minimum absolute atomic E-state index is 0.249. The van der Waals surface area contributed by atoms with E-state index in [1.54, 1.807) is 11.8 Å². The molecule has 4 rings (SSSR count). The maximum atomic E-state index is 13.2. The average Bonchev–Trinajstić information content (AvgIpc) is 3.24. The molecule has 2 aromatic heterocycles. The number of ether oxygens (including phenoxy) is 1. The molecule has 0 radical (unpaired) electrons. The number of aromatic nitrogens is 4. The van der Waals surface area contributed by atoms with Crippen molar-refractivity contribution >= 4 is 57.5 Å². The monoisotopic (exact) mass is 537 g/mol. The Balaban J connectivity index is 1.47. The molecule has 0 bridgehead atoms. The summed E-state index contributed by atoms with van der Waals surface area (Å²) in [6, 6.07) is 17.3. The summed E-state index contributed by atoms with van der Waals surface area (Å²) in [5, 5.41) is 12.6. The van der Waals surface area contributed by atoms with Crippen LogP contribution in [0.2, 0.25) is 0 Å². The quantitative estimate of drug-likeness (QED) is 0.202. The Hall–Kier alpha value is -3.11. The minimum Gasteiger partial charge on any atom is -0.467 e. The highest BCUT2D eigenvalue weighted by atomic mass is 32.2. The summed E-state index contributed by atoms with van der Waals surface area (Å²) in [6.07, 6.45) is 1.50. The fourth-order valence-corrected chi connectivity index (χ4v) is 5.91. The number of hydrogen-bond donors (Lipinski definition) is 1. The summed E-state index contributed by atoms with van der Waals surface area (Å²) in [7, 11) is 1.33. The molecule has 1 amide bonds. The minimum atomic E-state index is -0.741. The number of methoxy groups -OCH3 is 1. The zero-order chi connectivity index (χ0) is 26.2. The highest BCUT2D eigenvalue weighted by Gasteiger charge is 2.27. The molecule has 10 heteroatoms. The zero-order valence-electron chi connectivity index (χ0n) is 21.2. The number of rotatable bonds is 12. The molecule has 8 nitrogen and oxygen atoms in total. The van der Waals surface area contributed by atoms with Crippen molar-refractivity contribution in [2.24, 2.45) is 0 Å². The van der Waals surface area contributed by atoms with E-state index in [0.717, 1.165) is 46.3 Å². The number of para-hydroxylation sites is 1. The van der Waals surface area contributed by atoms with Gasteiger partial charge in [-0.25, -0.2) is 9.78 Å².